The van der Waals surface area contributed by atoms with Crippen molar-refractivity contribution in [2.75, 3.05) is 13.7 Å². The van der Waals surface area contributed by atoms with Crippen LogP contribution in [0.2, 0.25) is 0 Å². The van der Waals surface area contributed by atoms with E-state index in [4.69, 9.17) is 14.2 Å². The Hall–Kier alpha value is -3.32. The van der Waals surface area contributed by atoms with Crippen LogP contribution in [0, 0.1) is 13.8 Å². The smallest absolute Gasteiger partial charge is 0.277 e. The number of amides is 1. The Bertz CT molecular complexity index is 1080. The lowest BCUT2D eigenvalue weighted by Crippen LogP contribution is -2.24. The van der Waals surface area contributed by atoms with E-state index < -0.39 is 0 Å². The topological polar surface area (TPSA) is 69.2 Å². The summed E-state index contributed by atoms with van der Waals surface area (Å²) in [5, 5.41) is 4.00. The number of ether oxygens (including phenoxy) is 3. The van der Waals surface area contributed by atoms with Gasteiger partial charge >= 0.3 is 0 Å². The van der Waals surface area contributed by atoms with Crippen molar-refractivity contribution in [2.24, 2.45) is 5.10 Å². The third-order valence-corrected chi connectivity index (χ3v) is 5.14. The van der Waals surface area contributed by atoms with Crippen molar-refractivity contribution in [2.45, 2.75) is 20.5 Å². The molecule has 0 fully saturated rings. The lowest BCUT2D eigenvalue weighted by Gasteiger charge is -2.12. The van der Waals surface area contributed by atoms with Crippen LogP contribution in [0.25, 0.3) is 0 Å². The Morgan fingerprint density at radius 3 is 2.53 bits per heavy atom. The summed E-state index contributed by atoms with van der Waals surface area (Å²) in [7, 11) is 1.58. The fourth-order valence-electron chi connectivity index (χ4n) is 3.05. The van der Waals surface area contributed by atoms with Crippen molar-refractivity contribution in [1.29, 1.82) is 0 Å². The predicted octanol–water partition coefficient (Wildman–Crippen LogP) is 5.18. The first-order valence-corrected chi connectivity index (χ1v) is 10.8. The van der Waals surface area contributed by atoms with E-state index in [1.807, 2.05) is 68.4 Å². The average molecular weight is 497 g/mol. The zero-order chi connectivity index (χ0) is 22.9. The van der Waals surface area contributed by atoms with Gasteiger partial charge in [-0.2, -0.15) is 5.10 Å². The highest BCUT2D eigenvalue weighted by atomic mass is 79.9. The van der Waals surface area contributed by atoms with Crippen LogP contribution >= 0.6 is 15.9 Å². The maximum atomic E-state index is 12.1. The van der Waals surface area contributed by atoms with Gasteiger partial charge in [-0.3, -0.25) is 4.79 Å². The Labute approximate surface area is 196 Å². The van der Waals surface area contributed by atoms with E-state index in [-0.39, 0.29) is 12.5 Å². The largest absolute Gasteiger partial charge is 0.493 e. The summed E-state index contributed by atoms with van der Waals surface area (Å²) in [4.78, 5) is 12.1. The molecule has 166 valence electrons. The van der Waals surface area contributed by atoms with Gasteiger partial charge in [0.25, 0.3) is 5.91 Å². The van der Waals surface area contributed by atoms with Gasteiger partial charge in [-0.25, -0.2) is 5.43 Å². The molecule has 0 bridgehead atoms. The molecule has 0 unspecified atom stereocenters. The number of carbonyl (C=O) groups is 1. The number of methoxy groups -OCH3 is 1. The minimum Gasteiger partial charge on any atom is -0.493 e. The maximum Gasteiger partial charge on any atom is 0.277 e. The number of nitrogens with zero attached hydrogens (tertiary/aromatic N) is 1. The second-order valence-electron chi connectivity index (χ2n) is 7.16. The second kappa shape index (κ2) is 11.3. The van der Waals surface area contributed by atoms with Crippen LogP contribution in [0.3, 0.4) is 0 Å². The zero-order valence-electron chi connectivity index (χ0n) is 18.2. The van der Waals surface area contributed by atoms with Crippen LogP contribution in [0.15, 0.2) is 70.2 Å². The summed E-state index contributed by atoms with van der Waals surface area (Å²) in [6.07, 6.45) is 1.54. The fraction of sp³-hybridized carbons (Fsp3) is 0.200. The molecule has 0 aliphatic rings. The van der Waals surface area contributed by atoms with Crippen molar-refractivity contribution in [3.05, 3.63) is 87.4 Å². The quantitative estimate of drug-likeness (QED) is 0.327. The summed E-state index contributed by atoms with van der Waals surface area (Å²) in [5.41, 5.74) is 6.36. The summed E-state index contributed by atoms with van der Waals surface area (Å²) >= 11 is 3.47. The summed E-state index contributed by atoms with van der Waals surface area (Å²) < 4.78 is 17.7. The lowest BCUT2D eigenvalue weighted by atomic mass is 10.1. The number of aryl methyl sites for hydroxylation is 2. The minimum absolute atomic E-state index is 0.143. The molecule has 7 heteroatoms. The van der Waals surface area contributed by atoms with E-state index >= 15 is 0 Å². The molecule has 0 aliphatic heterocycles. The molecule has 32 heavy (non-hydrogen) atoms. The minimum atomic E-state index is -0.358. The molecular weight excluding hydrogens is 472 g/mol. The Morgan fingerprint density at radius 1 is 1.03 bits per heavy atom. The first-order valence-electron chi connectivity index (χ1n) is 10.0. The third kappa shape index (κ3) is 6.59. The highest BCUT2D eigenvalue weighted by Crippen LogP contribution is 2.30. The monoisotopic (exact) mass is 496 g/mol. The van der Waals surface area contributed by atoms with Crippen molar-refractivity contribution < 1.29 is 19.0 Å². The molecule has 0 spiro atoms. The number of hydrogen-bond donors (Lipinski definition) is 1. The fourth-order valence-corrected chi connectivity index (χ4v) is 3.84. The van der Waals surface area contributed by atoms with Crippen LogP contribution in [-0.2, 0) is 11.4 Å². The standard InChI is InChI=1S/C25H25BrN2O4/c1-17-11-18(2)25(21(26)12-17)32-16-24(29)28-27-14-20-9-10-22(23(13-20)30-3)31-15-19-7-5-4-6-8-19/h4-14H,15-16H2,1-3H3,(H,28,29). The van der Waals surface area contributed by atoms with Crippen molar-refractivity contribution in [3.63, 3.8) is 0 Å². The van der Waals surface area contributed by atoms with Gasteiger partial charge in [0.05, 0.1) is 17.8 Å². The first-order chi connectivity index (χ1) is 15.5. The molecule has 3 rings (SSSR count). The van der Waals surface area contributed by atoms with Crippen molar-refractivity contribution in [1.82, 2.24) is 5.43 Å². The van der Waals surface area contributed by atoms with E-state index in [0.29, 0.717) is 23.9 Å². The number of carbonyl (C=O) groups excluding carboxylic acids is 1. The van der Waals surface area contributed by atoms with Crippen LogP contribution < -0.4 is 19.6 Å². The van der Waals surface area contributed by atoms with Gasteiger partial charge in [-0.1, -0.05) is 36.4 Å². The van der Waals surface area contributed by atoms with E-state index in [0.717, 1.165) is 26.7 Å². The molecule has 0 aliphatic carbocycles. The molecule has 0 aromatic heterocycles. The molecule has 0 saturated heterocycles. The van der Waals surface area contributed by atoms with E-state index in [9.17, 15) is 4.79 Å². The Kier molecular flexibility index (Phi) is 8.27. The average Bonchev–Trinajstić information content (AvgIpc) is 2.78. The molecule has 0 atom stereocenters. The number of hydrogen-bond acceptors (Lipinski definition) is 5. The number of halogens is 1. The summed E-state index contributed by atoms with van der Waals surface area (Å²) in [5.74, 6) is 1.50. The van der Waals surface area contributed by atoms with Gasteiger partial charge in [0.1, 0.15) is 12.4 Å². The van der Waals surface area contributed by atoms with Crippen LogP contribution in [0.5, 0.6) is 17.2 Å². The predicted molar refractivity (Wildman–Crippen MR) is 129 cm³/mol. The number of nitrogens with one attached hydrogen (secondary N) is 1. The first kappa shape index (κ1) is 23.3. The zero-order valence-corrected chi connectivity index (χ0v) is 19.8. The molecule has 6 nitrogen and oxygen atoms in total. The highest BCUT2D eigenvalue weighted by molar-refractivity contribution is 9.10. The van der Waals surface area contributed by atoms with Crippen molar-refractivity contribution in [3.8, 4) is 17.2 Å². The summed E-state index contributed by atoms with van der Waals surface area (Å²) in [6, 6.07) is 19.3. The number of benzene rings is 3. The summed E-state index contributed by atoms with van der Waals surface area (Å²) in [6.45, 7) is 4.23. The van der Waals surface area contributed by atoms with E-state index in [1.165, 1.54) is 6.21 Å². The number of hydrazone groups is 1. The van der Waals surface area contributed by atoms with Gasteiger partial charge in [0, 0.05) is 0 Å². The van der Waals surface area contributed by atoms with Gasteiger partial charge in [0.15, 0.2) is 18.1 Å². The van der Waals surface area contributed by atoms with Gasteiger partial charge in [0.2, 0.25) is 0 Å². The van der Waals surface area contributed by atoms with Gasteiger partial charge in [-0.15, -0.1) is 0 Å². The molecule has 0 heterocycles. The molecule has 3 aromatic rings. The third-order valence-electron chi connectivity index (χ3n) is 4.55. The maximum absolute atomic E-state index is 12.1. The van der Waals surface area contributed by atoms with Crippen LogP contribution in [0.4, 0.5) is 0 Å². The molecule has 3 aromatic carbocycles. The molecule has 0 radical (unpaired) electrons. The second-order valence-corrected chi connectivity index (χ2v) is 8.01. The van der Waals surface area contributed by atoms with E-state index in [2.05, 4.69) is 26.5 Å². The molecular formula is C25H25BrN2O4. The lowest BCUT2D eigenvalue weighted by molar-refractivity contribution is -0.123. The highest BCUT2D eigenvalue weighted by Gasteiger charge is 2.09. The van der Waals surface area contributed by atoms with Crippen molar-refractivity contribution >= 4 is 28.1 Å². The van der Waals surface area contributed by atoms with Crippen LogP contribution in [0.1, 0.15) is 22.3 Å². The normalized spacial score (nSPS) is 10.8. The Morgan fingerprint density at radius 2 is 1.81 bits per heavy atom. The SMILES string of the molecule is COc1cc(C=NNC(=O)COc2c(C)cc(C)cc2Br)ccc1OCc1ccccc1. The van der Waals surface area contributed by atoms with Crippen LogP contribution in [-0.4, -0.2) is 25.8 Å². The van der Waals surface area contributed by atoms with Gasteiger partial charge < -0.3 is 14.2 Å². The van der Waals surface area contributed by atoms with Gasteiger partial charge in [-0.05, 0) is 76.3 Å². The molecule has 1 amide bonds. The van der Waals surface area contributed by atoms with E-state index in [1.54, 1.807) is 13.2 Å². The molecule has 0 saturated carbocycles. The Balaban J connectivity index is 1.54. The number of rotatable bonds is 9. The molecule has 1 N–H and O–H groups in total.